The molecule has 2 amide bonds. The number of carboxylic acid groups (broad SMARTS) is 2. The Kier molecular flexibility index (Phi) is 9.89. The summed E-state index contributed by atoms with van der Waals surface area (Å²) in [7, 11) is 0. The van der Waals surface area contributed by atoms with Gasteiger partial charge < -0.3 is 20.8 Å². The summed E-state index contributed by atoms with van der Waals surface area (Å²) < 4.78 is 0. The number of anilines is 2. The van der Waals surface area contributed by atoms with Gasteiger partial charge in [0.15, 0.2) is 0 Å². The minimum absolute atomic E-state index is 0.00585. The van der Waals surface area contributed by atoms with Crippen molar-refractivity contribution in [3.8, 4) is 22.3 Å². The lowest BCUT2D eigenvalue weighted by molar-refractivity contribution is -0.118. The van der Waals surface area contributed by atoms with Crippen LogP contribution in [0.1, 0.15) is 46.4 Å². The van der Waals surface area contributed by atoms with Crippen LogP contribution in [0.5, 0.6) is 0 Å². The predicted octanol–water partition coefficient (Wildman–Crippen LogP) is 9.54. The SMILES string of the molecule is O=C(O)c1c(-c2ccc(Cl)c(Cl)c2)csc1NC(=O)C1CC1.O=C(O)c1c(-c2ccc(Cl)cc2Cl)csc1NC(=O)C1CC1. The van der Waals surface area contributed by atoms with E-state index in [0.717, 1.165) is 25.7 Å². The third-order valence-electron chi connectivity index (χ3n) is 6.83. The first-order chi connectivity index (χ1) is 20.9. The molecule has 0 bridgehead atoms. The van der Waals surface area contributed by atoms with Gasteiger partial charge in [-0.1, -0.05) is 58.5 Å². The minimum atomic E-state index is -1.10. The first-order valence-electron chi connectivity index (χ1n) is 13.2. The maximum absolute atomic E-state index is 11.9. The normalized spacial score (nSPS) is 13.9. The number of carbonyl (C=O) groups is 4. The lowest BCUT2D eigenvalue weighted by Crippen LogP contribution is -2.14. The van der Waals surface area contributed by atoms with E-state index in [4.69, 9.17) is 46.4 Å². The average molecular weight is 712 g/mol. The molecule has 2 aliphatic carbocycles. The van der Waals surface area contributed by atoms with Crippen molar-refractivity contribution in [1.29, 1.82) is 0 Å². The van der Waals surface area contributed by atoms with E-state index < -0.39 is 11.9 Å². The summed E-state index contributed by atoms with van der Waals surface area (Å²) in [4.78, 5) is 46.9. The van der Waals surface area contributed by atoms with E-state index in [1.54, 1.807) is 47.2 Å². The van der Waals surface area contributed by atoms with Gasteiger partial charge in [0.25, 0.3) is 0 Å². The molecule has 2 heterocycles. The molecule has 2 saturated carbocycles. The number of aromatic carboxylic acids is 2. The number of hydrogen-bond donors (Lipinski definition) is 4. The van der Waals surface area contributed by atoms with Crippen LogP contribution in [0.3, 0.4) is 0 Å². The number of nitrogens with one attached hydrogen (secondary N) is 2. The van der Waals surface area contributed by atoms with Crippen molar-refractivity contribution in [2.45, 2.75) is 25.7 Å². The Morgan fingerprint density at radius 3 is 1.64 bits per heavy atom. The summed E-state index contributed by atoms with van der Waals surface area (Å²) in [6.07, 6.45) is 3.43. The Morgan fingerprint density at radius 2 is 1.16 bits per heavy atom. The molecule has 0 saturated heterocycles. The second-order valence-electron chi connectivity index (χ2n) is 10.1. The van der Waals surface area contributed by atoms with Gasteiger partial charge in [-0.15, -0.1) is 22.7 Å². The Bertz CT molecular complexity index is 1800. The Morgan fingerprint density at radius 1 is 0.636 bits per heavy atom. The van der Waals surface area contributed by atoms with Crippen molar-refractivity contribution >= 4 is 103 Å². The highest BCUT2D eigenvalue weighted by molar-refractivity contribution is 7.15. The van der Waals surface area contributed by atoms with Crippen molar-refractivity contribution in [2.75, 3.05) is 10.6 Å². The quantitative estimate of drug-likeness (QED) is 0.144. The fourth-order valence-corrected chi connectivity index (χ4v) is 6.95. The van der Waals surface area contributed by atoms with Crippen molar-refractivity contribution in [3.63, 3.8) is 0 Å². The van der Waals surface area contributed by atoms with Crippen LogP contribution in [-0.4, -0.2) is 34.0 Å². The monoisotopic (exact) mass is 710 g/mol. The number of carbonyl (C=O) groups excluding carboxylic acids is 2. The molecule has 2 aromatic carbocycles. The topological polar surface area (TPSA) is 133 Å². The van der Waals surface area contributed by atoms with Gasteiger partial charge in [0.05, 0.1) is 10.0 Å². The molecule has 2 aromatic heterocycles. The molecular weight excluding hydrogens is 690 g/mol. The number of carboxylic acids is 2. The Hall–Kier alpha value is -3.12. The summed E-state index contributed by atoms with van der Waals surface area (Å²) in [6.45, 7) is 0. The van der Waals surface area contributed by atoms with Crippen LogP contribution in [0.4, 0.5) is 10.0 Å². The molecule has 8 nitrogen and oxygen atoms in total. The molecule has 2 aliphatic rings. The van der Waals surface area contributed by atoms with E-state index in [9.17, 15) is 29.4 Å². The molecule has 0 radical (unpaired) electrons. The molecule has 4 aromatic rings. The molecule has 0 aliphatic heterocycles. The number of halogens is 4. The van der Waals surface area contributed by atoms with Gasteiger partial charge >= 0.3 is 11.9 Å². The molecule has 0 spiro atoms. The van der Waals surface area contributed by atoms with Crippen molar-refractivity contribution < 1.29 is 29.4 Å². The largest absolute Gasteiger partial charge is 0.478 e. The second-order valence-corrected chi connectivity index (χ2v) is 13.5. The van der Waals surface area contributed by atoms with E-state index in [1.165, 1.54) is 22.7 Å². The summed E-state index contributed by atoms with van der Waals surface area (Å²) in [6, 6.07) is 9.81. The molecule has 228 valence electrons. The van der Waals surface area contributed by atoms with E-state index in [2.05, 4.69) is 10.6 Å². The lowest BCUT2D eigenvalue weighted by atomic mass is 10.0. The van der Waals surface area contributed by atoms with Gasteiger partial charge in [0, 0.05) is 49.3 Å². The zero-order chi connectivity index (χ0) is 31.7. The highest BCUT2D eigenvalue weighted by Crippen LogP contribution is 2.41. The zero-order valence-corrected chi connectivity index (χ0v) is 27.1. The van der Waals surface area contributed by atoms with E-state index in [0.29, 0.717) is 52.3 Å². The average Bonchev–Trinajstić information content (AvgIpc) is 3.90. The van der Waals surface area contributed by atoms with Crippen LogP contribution < -0.4 is 10.6 Å². The lowest BCUT2D eigenvalue weighted by Gasteiger charge is -2.07. The van der Waals surface area contributed by atoms with Gasteiger partial charge in [-0.25, -0.2) is 9.59 Å². The third-order valence-corrected chi connectivity index (χ3v) is 9.91. The van der Waals surface area contributed by atoms with Crippen LogP contribution in [-0.2, 0) is 9.59 Å². The summed E-state index contributed by atoms with van der Waals surface area (Å²) in [5.41, 5.74) is 2.36. The minimum Gasteiger partial charge on any atom is -0.478 e. The smallest absolute Gasteiger partial charge is 0.339 e. The zero-order valence-electron chi connectivity index (χ0n) is 22.5. The number of amides is 2. The number of rotatable bonds is 8. The number of hydrogen-bond acceptors (Lipinski definition) is 6. The van der Waals surface area contributed by atoms with Crippen LogP contribution in [0, 0.1) is 11.8 Å². The van der Waals surface area contributed by atoms with Gasteiger partial charge in [-0.3, -0.25) is 9.59 Å². The van der Waals surface area contributed by atoms with Gasteiger partial charge in [0.1, 0.15) is 21.1 Å². The standard InChI is InChI=1S/2C15H11Cl2NO3S/c16-10-4-3-8(5-11(10)17)9-6-22-14(12(9)15(20)21)18-13(19)7-1-2-7;16-8-3-4-9(11(17)5-8)10-6-22-14(12(10)15(20)21)18-13(19)7-1-2-7/h2*3-7H,1-2H2,(H,18,19)(H,20,21). The number of benzene rings is 2. The maximum Gasteiger partial charge on any atom is 0.339 e. The van der Waals surface area contributed by atoms with Crippen molar-refractivity contribution in [1.82, 2.24) is 0 Å². The molecule has 4 N–H and O–H groups in total. The van der Waals surface area contributed by atoms with Crippen LogP contribution in [0.15, 0.2) is 47.2 Å². The van der Waals surface area contributed by atoms with Gasteiger partial charge in [-0.2, -0.15) is 0 Å². The molecule has 0 unspecified atom stereocenters. The first-order valence-corrected chi connectivity index (χ1v) is 16.4. The summed E-state index contributed by atoms with van der Waals surface area (Å²) in [5.74, 6) is -2.42. The number of thiophene rings is 2. The summed E-state index contributed by atoms with van der Waals surface area (Å²) in [5, 5.41) is 30.1. The molecular formula is C30H22Cl4N2O6S2. The fraction of sp³-hybridized carbons (Fsp3) is 0.200. The molecule has 44 heavy (non-hydrogen) atoms. The molecule has 14 heteroatoms. The highest BCUT2D eigenvalue weighted by atomic mass is 35.5. The van der Waals surface area contributed by atoms with Gasteiger partial charge in [-0.05, 0) is 55.5 Å². The molecule has 2 fully saturated rings. The fourth-order valence-electron chi connectivity index (χ4n) is 4.23. The van der Waals surface area contributed by atoms with Crippen LogP contribution >= 0.6 is 69.1 Å². The maximum atomic E-state index is 11.9. The van der Waals surface area contributed by atoms with E-state index in [-0.39, 0.29) is 34.8 Å². The van der Waals surface area contributed by atoms with Crippen LogP contribution in [0.2, 0.25) is 20.1 Å². The predicted molar refractivity (Wildman–Crippen MR) is 176 cm³/mol. The Balaban J connectivity index is 0.000000175. The van der Waals surface area contributed by atoms with E-state index in [1.807, 2.05) is 0 Å². The summed E-state index contributed by atoms with van der Waals surface area (Å²) >= 11 is 26.3. The van der Waals surface area contributed by atoms with Gasteiger partial charge in [0.2, 0.25) is 11.8 Å². The molecule has 0 atom stereocenters. The first kappa shape index (κ1) is 32.3. The highest BCUT2D eigenvalue weighted by Gasteiger charge is 2.32. The van der Waals surface area contributed by atoms with Crippen LogP contribution in [0.25, 0.3) is 22.3 Å². The third kappa shape index (κ3) is 7.39. The Labute approximate surface area is 279 Å². The van der Waals surface area contributed by atoms with Crippen molar-refractivity contribution in [2.24, 2.45) is 11.8 Å². The second kappa shape index (κ2) is 13.5. The van der Waals surface area contributed by atoms with Crippen molar-refractivity contribution in [3.05, 3.63) is 78.4 Å². The van der Waals surface area contributed by atoms with E-state index >= 15 is 0 Å². The molecule has 6 rings (SSSR count).